The lowest BCUT2D eigenvalue weighted by Gasteiger charge is -2.37. The summed E-state index contributed by atoms with van der Waals surface area (Å²) in [5.41, 5.74) is 0.831. The predicted molar refractivity (Wildman–Crippen MR) is 78.4 cm³/mol. The Hall–Kier alpha value is -1.15. The summed E-state index contributed by atoms with van der Waals surface area (Å²) in [5, 5.41) is 0. The average Bonchev–Trinajstić information content (AvgIpc) is 2.99. The molecule has 0 radical (unpaired) electrons. The van der Waals surface area contributed by atoms with E-state index in [0.717, 1.165) is 0 Å². The van der Waals surface area contributed by atoms with E-state index in [2.05, 4.69) is 21.4 Å². The number of ether oxygens (including phenoxy) is 1. The maximum Gasteiger partial charge on any atom is 0.143 e. The molecule has 0 spiro atoms. The van der Waals surface area contributed by atoms with Crippen molar-refractivity contribution in [1.29, 1.82) is 0 Å². The molecule has 0 saturated carbocycles. The number of hydrogen-bond donors (Lipinski definition) is 1. The highest BCUT2D eigenvalue weighted by Gasteiger charge is 2.69. The van der Waals surface area contributed by atoms with Crippen LogP contribution < -0.4 is 5.48 Å². The fraction of sp³-hybridized carbons (Fsp3) is 0.467. The number of hydroxylamine groups is 1. The highest BCUT2D eigenvalue weighted by Crippen LogP contribution is 2.54. The Morgan fingerprint density at radius 2 is 2.32 bits per heavy atom. The van der Waals surface area contributed by atoms with E-state index in [0.29, 0.717) is 16.3 Å². The van der Waals surface area contributed by atoms with Crippen molar-refractivity contribution in [3.05, 3.63) is 34.1 Å². The first kappa shape index (κ1) is 15.7. The van der Waals surface area contributed by atoms with Gasteiger partial charge in [0.2, 0.25) is 0 Å². The quantitative estimate of drug-likeness (QED) is 0.818. The number of carbonyl (C=O) groups excluding carboxylic acids is 2. The summed E-state index contributed by atoms with van der Waals surface area (Å²) in [6, 6.07) is 4.52. The lowest BCUT2D eigenvalue weighted by Crippen LogP contribution is -2.55. The third kappa shape index (κ3) is 1.93. The van der Waals surface area contributed by atoms with Crippen molar-refractivity contribution in [2.24, 2.45) is 5.41 Å². The van der Waals surface area contributed by atoms with Crippen LogP contribution in [0.3, 0.4) is 0 Å². The van der Waals surface area contributed by atoms with Gasteiger partial charge in [-0.25, -0.2) is 4.39 Å². The molecule has 118 valence electrons. The van der Waals surface area contributed by atoms with E-state index >= 15 is 0 Å². The van der Waals surface area contributed by atoms with Crippen LogP contribution in [0.5, 0.6) is 0 Å². The normalized spacial score (nSPS) is 33.7. The van der Waals surface area contributed by atoms with E-state index in [1.807, 2.05) is 0 Å². The fourth-order valence-corrected chi connectivity index (χ4v) is 3.93. The van der Waals surface area contributed by atoms with Crippen LogP contribution in [-0.2, 0) is 24.7 Å². The van der Waals surface area contributed by atoms with Crippen LogP contribution in [0.4, 0.5) is 4.39 Å². The Balaban J connectivity index is 2.20. The number of benzene rings is 1. The molecule has 22 heavy (non-hydrogen) atoms. The van der Waals surface area contributed by atoms with E-state index in [9.17, 15) is 14.0 Å². The zero-order valence-corrected chi connectivity index (χ0v) is 13.5. The Morgan fingerprint density at radius 1 is 1.55 bits per heavy atom. The van der Waals surface area contributed by atoms with E-state index in [1.165, 1.54) is 13.0 Å². The molecule has 5 nitrogen and oxygen atoms in total. The fourth-order valence-electron chi connectivity index (χ4n) is 3.56. The number of nitrogens with one attached hydrogen (secondary N) is 1. The molecule has 1 aromatic rings. The first-order valence-corrected chi connectivity index (χ1v) is 7.68. The summed E-state index contributed by atoms with van der Waals surface area (Å²) in [6.45, 7) is 1.51. The lowest BCUT2D eigenvalue weighted by atomic mass is 9.63. The Kier molecular flexibility index (Phi) is 3.92. The van der Waals surface area contributed by atoms with Gasteiger partial charge in [-0.3, -0.25) is 9.63 Å². The minimum atomic E-state index is -1.14. The molecule has 2 saturated heterocycles. The summed E-state index contributed by atoms with van der Waals surface area (Å²) in [7, 11) is 0. The second-order valence-electron chi connectivity index (χ2n) is 5.65. The molecule has 0 aliphatic carbocycles. The molecule has 3 atom stereocenters. The zero-order valence-electron chi connectivity index (χ0n) is 11.9. The van der Waals surface area contributed by atoms with Crippen LogP contribution >= 0.6 is 15.9 Å². The summed E-state index contributed by atoms with van der Waals surface area (Å²) < 4.78 is 20.8. The molecular formula is C15H15BrFNO4. The van der Waals surface area contributed by atoms with Crippen molar-refractivity contribution in [2.75, 3.05) is 13.2 Å². The maximum atomic E-state index is 14.4. The maximum absolute atomic E-state index is 14.4. The number of carbonyl (C=O) groups is 2. The largest absolute Gasteiger partial charge is 0.374 e. The Morgan fingerprint density at radius 3 is 3.00 bits per heavy atom. The van der Waals surface area contributed by atoms with Gasteiger partial charge < -0.3 is 9.53 Å². The molecule has 3 rings (SSSR count). The second-order valence-corrected chi connectivity index (χ2v) is 6.57. The SMILES string of the molecule is CC(=O)[C@@]12CON[C@@]1(c1cc(Br)ccc1F)CO[C@H]2CC=O. The molecule has 7 heteroatoms. The highest BCUT2D eigenvalue weighted by molar-refractivity contribution is 9.10. The number of rotatable bonds is 4. The molecule has 2 aliphatic heterocycles. The molecule has 0 bridgehead atoms. The van der Waals surface area contributed by atoms with Crippen molar-refractivity contribution in [3.8, 4) is 0 Å². The van der Waals surface area contributed by atoms with Crippen LogP contribution in [-0.4, -0.2) is 31.4 Å². The topological polar surface area (TPSA) is 64.6 Å². The molecule has 1 aromatic carbocycles. The molecule has 0 unspecified atom stereocenters. The Bertz CT molecular complexity index is 640. The minimum Gasteiger partial charge on any atom is -0.374 e. The van der Waals surface area contributed by atoms with Gasteiger partial charge in [-0.15, -0.1) is 0 Å². The van der Waals surface area contributed by atoms with E-state index in [4.69, 9.17) is 9.57 Å². The molecule has 0 amide bonds. The highest BCUT2D eigenvalue weighted by atomic mass is 79.9. The summed E-state index contributed by atoms with van der Waals surface area (Å²) >= 11 is 3.32. The lowest BCUT2D eigenvalue weighted by molar-refractivity contribution is -0.132. The van der Waals surface area contributed by atoms with Crippen LogP contribution in [0.25, 0.3) is 0 Å². The first-order chi connectivity index (χ1) is 10.5. The molecule has 2 fully saturated rings. The van der Waals surface area contributed by atoms with Crippen LogP contribution in [0.15, 0.2) is 22.7 Å². The summed E-state index contributed by atoms with van der Waals surface area (Å²) in [4.78, 5) is 28.8. The van der Waals surface area contributed by atoms with Crippen LogP contribution in [0.2, 0.25) is 0 Å². The van der Waals surface area contributed by atoms with Crippen molar-refractivity contribution >= 4 is 28.0 Å². The number of ketones is 1. The van der Waals surface area contributed by atoms with Crippen LogP contribution in [0, 0.1) is 11.2 Å². The van der Waals surface area contributed by atoms with Gasteiger partial charge in [0.25, 0.3) is 0 Å². The molecule has 1 N–H and O–H groups in total. The summed E-state index contributed by atoms with van der Waals surface area (Å²) in [6.07, 6.45) is 0.124. The van der Waals surface area contributed by atoms with E-state index < -0.39 is 22.9 Å². The van der Waals surface area contributed by atoms with Crippen molar-refractivity contribution in [3.63, 3.8) is 0 Å². The third-order valence-corrected chi connectivity index (χ3v) is 5.18. The average molecular weight is 372 g/mol. The van der Waals surface area contributed by atoms with E-state index in [1.54, 1.807) is 12.1 Å². The van der Waals surface area contributed by atoms with Crippen molar-refractivity contribution in [1.82, 2.24) is 5.48 Å². The smallest absolute Gasteiger partial charge is 0.143 e. The van der Waals surface area contributed by atoms with Gasteiger partial charge in [0.05, 0.1) is 19.3 Å². The predicted octanol–water partition coefficient (Wildman–Crippen LogP) is 1.88. The monoisotopic (exact) mass is 371 g/mol. The van der Waals surface area contributed by atoms with Gasteiger partial charge in [-0.05, 0) is 25.1 Å². The first-order valence-electron chi connectivity index (χ1n) is 6.89. The van der Waals surface area contributed by atoms with Gasteiger partial charge in [-0.2, -0.15) is 5.48 Å². The number of hydrogen-bond acceptors (Lipinski definition) is 5. The molecular weight excluding hydrogens is 357 g/mol. The Labute approximate surface area is 135 Å². The number of Topliss-reactive ketones (excluding diaryl/α,β-unsaturated/α-hetero) is 1. The van der Waals surface area contributed by atoms with E-state index in [-0.39, 0.29) is 25.4 Å². The zero-order chi connectivity index (χ0) is 16.0. The van der Waals surface area contributed by atoms with Gasteiger partial charge >= 0.3 is 0 Å². The molecule has 2 aliphatic rings. The number of aldehydes is 1. The van der Waals surface area contributed by atoms with Gasteiger partial charge in [0.1, 0.15) is 28.8 Å². The molecule has 2 heterocycles. The third-order valence-electron chi connectivity index (χ3n) is 4.69. The number of fused-ring (bicyclic) bond motifs is 1. The minimum absolute atomic E-state index is 0.0345. The standard InChI is InChI=1S/C15H15BrFNO4/c1-9(20)14-7-22-18-15(14,8-21-13(14)4-5-19)11-6-10(16)2-3-12(11)17/h2-3,5-6,13,18H,4,7-8H2,1H3/t13-,14+,15+/m0/s1. The molecule has 0 aromatic heterocycles. The van der Waals surface area contributed by atoms with Gasteiger partial charge in [0.15, 0.2) is 0 Å². The van der Waals surface area contributed by atoms with Crippen molar-refractivity contribution in [2.45, 2.75) is 25.0 Å². The van der Waals surface area contributed by atoms with Gasteiger partial charge in [-0.1, -0.05) is 15.9 Å². The van der Waals surface area contributed by atoms with Crippen LogP contribution in [0.1, 0.15) is 18.9 Å². The van der Waals surface area contributed by atoms with Crippen molar-refractivity contribution < 1.29 is 23.6 Å². The number of halogens is 2. The van der Waals surface area contributed by atoms with Gasteiger partial charge in [0, 0.05) is 16.5 Å². The summed E-state index contributed by atoms with van der Waals surface area (Å²) in [5.74, 6) is -0.650. The second kappa shape index (κ2) is 5.49.